The Morgan fingerprint density at radius 2 is 1.79 bits per heavy atom. The monoisotopic (exact) mass is 256 g/mol. The fourth-order valence-corrected chi connectivity index (χ4v) is 3.17. The average molecular weight is 256 g/mol. The Labute approximate surface area is 116 Å². The number of benzene rings is 1. The van der Waals surface area contributed by atoms with E-state index in [1.807, 2.05) is 0 Å². The zero-order valence-electron chi connectivity index (χ0n) is 11.9. The Balaban J connectivity index is 1.72. The van der Waals surface area contributed by atoms with Crippen molar-refractivity contribution in [1.29, 1.82) is 0 Å². The van der Waals surface area contributed by atoms with Gasteiger partial charge in [0, 0.05) is 19.0 Å². The predicted molar refractivity (Wildman–Crippen MR) is 80.8 cm³/mol. The van der Waals surface area contributed by atoms with Crippen LogP contribution in [0.2, 0.25) is 0 Å². The number of nitrogens with zero attached hydrogens (tertiary/aromatic N) is 1. The summed E-state index contributed by atoms with van der Waals surface area (Å²) >= 11 is 0. The molecule has 1 heterocycles. The molecule has 0 saturated heterocycles. The zero-order chi connectivity index (χ0) is 13.1. The summed E-state index contributed by atoms with van der Waals surface area (Å²) in [6.45, 7) is 3.25. The summed E-state index contributed by atoms with van der Waals surface area (Å²) < 4.78 is 0. The molecule has 1 aromatic carbocycles. The standard InChI is InChI=1S/C17H24N2/c1-13(19-17-8-4-5-11-18-17)15-10-9-14-6-2-3-7-16(14)12-15/h9-10,12-13H,2-8,11H2,1H3,(H,18,19). The molecule has 2 aliphatic rings. The summed E-state index contributed by atoms with van der Waals surface area (Å²) in [6, 6.07) is 7.43. The normalized spacial score (nSPS) is 20.4. The lowest BCUT2D eigenvalue weighted by atomic mass is 9.89. The summed E-state index contributed by atoms with van der Waals surface area (Å²) in [6.07, 6.45) is 8.89. The van der Waals surface area contributed by atoms with E-state index in [1.54, 1.807) is 11.1 Å². The second-order valence-electron chi connectivity index (χ2n) is 5.89. The zero-order valence-corrected chi connectivity index (χ0v) is 11.9. The van der Waals surface area contributed by atoms with Gasteiger partial charge in [0.05, 0.1) is 5.84 Å². The van der Waals surface area contributed by atoms with E-state index in [0.29, 0.717) is 6.04 Å². The Hall–Kier alpha value is -1.31. The van der Waals surface area contributed by atoms with Crippen LogP contribution in [0.3, 0.4) is 0 Å². The van der Waals surface area contributed by atoms with Crippen molar-refractivity contribution in [2.75, 3.05) is 6.54 Å². The molecule has 0 radical (unpaired) electrons. The molecule has 1 aromatic rings. The van der Waals surface area contributed by atoms with E-state index in [0.717, 1.165) is 13.0 Å². The van der Waals surface area contributed by atoms with Crippen LogP contribution < -0.4 is 5.32 Å². The minimum Gasteiger partial charge on any atom is -0.367 e. The van der Waals surface area contributed by atoms with Crippen molar-refractivity contribution in [3.63, 3.8) is 0 Å². The molecular weight excluding hydrogens is 232 g/mol. The topological polar surface area (TPSA) is 24.4 Å². The lowest BCUT2D eigenvalue weighted by Crippen LogP contribution is -2.28. The molecule has 1 aliphatic heterocycles. The van der Waals surface area contributed by atoms with E-state index < -0.39 is 0 Å². The smallest absolute Gasteiger partial charge is 0.0967 e. The van der Waals surface area contributed by atoms with Gasteiger partial charge in [-0.05, 0) is 62.1 Å². The van der Waals surface area contributed by atoms with Gasteiger partial charge in [0.2, 0.25) is 0 Å². The molecule has 3 rings (SSSR count). The Kier molecular flexibility index (Phi) is 3.86. The van der Waals surface area contributed by atoms with E-state index in [2.05, 4.69) is 35.4 Å². The van der Waals surface area contributed by atoms with E-state index in [9.17, 15) is 0 Å². The first-order chi connectivity index (χ1) is 9.33. The maximum Gasteiger partial charge on any atom is 0.0967 e. The summed E-state index contributed by atoms with van der Waals surface area (Å²) in [5, 5.41) is 3.59. The van der Waals surface area contributed by atoms with Crippen molar-refractivity contribution < 1.29 is 0 Å². The van der Waals surface area contributed by atoms with Gasteiger partial charge in [-0.3, -0.25) is 4.99 Å². The van der Waals surface area contributed by atoms with Crippen molar-refractivity contribution in [2.45, 2.75) is 57.9 Å². The maximum absolute atomic E-state index is 4.59. The first-order valence-corrected chi connectivity index (χ1v) is 7.74. The summed E-state index contributed by atoms with van der Waals surface area (Å²) in [7, 11) is 0. The van der Waals surface area contributed by atoms with Crippen molar-refractivity contribution in [1.82, 2.24) is 5.32 Å². The molecular formula is C17H24N2. The third kappa shape index (κ3) is 2.99. The number of nitrogens with one attached hydrogen (secondary N) is 1. The van der Waals surface area contributed by atoms with Gasteiger partial charge in [-0.2, -0.15) is 0 Å². The lowest BCUT2D eigenvalue weighted by molar-refractivity contribution is 0.649. The SMILES string of the molecule is CC(NC1=NCCCC1)c1ccc2c(c1)CCCC2. The molecule has 0 amide bonds. The average Bonchev–Trinajstić information content (AvgIpc) is 2.48. The number of aryl methyl sites for hydroxylation is 2. The minimum atomic E-state index is 0.379. The van der Waals surface area contributed by atoms with Crippen LogP contribution in [0.4, 0.5) is 0 Å². The van der Waals surface area contributed by atoms with E-state index in [-0.39, 0.29) is 0 Å². The predicted octanol–water partition coefficient (Wildman–Crippen LogP) is 3.80. The molecule has 0 saturated carbocycles. The molecule has 2 nitrogen and oxygen atoms in total. The molecule has 2 heteroatoms. The highest BCUT2D eigenvalue weighted by molar-refractivity contribution is 5.83. The molecule has 0 aromatic heterocycles. The number of aliphatic imine (C=N–C) groups is 1. The van der Waals surface area contributed by atoms with Gasteiger partial charge < -0.3 is 5.32 Å². The lowest BCUT2D eigenvalue weighted by Gasteiger charge is -2.22. The maximum atomic E-state index is 4.59. The third-order valence-electron chi connectivity index (χ3n) is 4.38. The Morgan fingerprint density at radius 1 is 1.00 bits per heavy atom. The molecule has 102 valence electrons. The van der Waals surface area contributed by atoms with Gasteiger partial charge in [-0.1, -0.05) is 18.2 Å². The molecule has 1 aliphatic carbocycles. The van der Waals surface area contributed by atoms with Gasteiger partial charge in [0.1, 0.15) is 0 Å². The fourth-order valence-electron chi connectivity index (χ4n) is 3.17. The first kappa shape index (κ1) is 12.7. The van der Waals surface area contributed by atoms with E-state index in [4.69, 9.17) is 0 Å². The highest BCUT2D eigenvalue weighted by atomic mass is 15.0. The summed E-state index contributed by atoms with van der Waals surface area (Å²) in [4.78, 5) is 4.59. The summed E-state index contributed by atoms with van der Waals surface area (Å²) in [5.74, 6) is 1.21. The Bertz CT molecular complexity index is 476. The largest absolute Gasteiger partial charge is 0.367 e. The minimum absolute atomic E-state index is 0.379. The van der Waals surface area contributed by atoms with Gasteiger partial charge in [0.25, 0.3) is 0 Å². The van der Waals surface area contributed by atoms with Crippen LogP contribution in [0.1, 0.15) is 61.8 Å². The second kappa shape index (κ2) is 5.77. The van der Waals surface area contributed by atoms with E-state index >= 15 is 0 Å². The van der Waals surface area contributed by atoms with Gasteiger partial charge in [-0.25, -0.2) is 0 Å². The number of fused-ring (bicyclic) bond motifs is 1. The molecule has 0 spiro atoms. The van der Waals surface area contributed by atoms with Crippen LogP contribution in [0.25, 0.3) is 0 Å². The van der Waals surface area contributed by atoms with Crippen molar-refractivity contribution in [3.8, 4) is 0 Å². The van der Waals surface area contributed by atoms with Crippen LogP contribution in [0.5, 0.6) is 0 Å². The molecule has 1 N–H and O–H groups in total. The number of amidine groups is 1. The van der Waals surface area contributed by atoms with Crippen molar-refractivity contribution in [3.05, 3.63) is 34.9 Å². The molecule has 19 heavy (non-hydrogen) atoms. The number of rotatable bonds is 2. The van der Waals surface area contributed by atoms with Crippen LogP contribution in [-0.2, 0) is 12.8 Å². The van der Waals surface area contributed by atoms with Crippen molar-refractivity contribution >= 4 is 5.84 Å². The first-order valence-electron chi connectivity index (χ1n) is 7.74. The van der Waals surface area contributed by atoms with Crippen molar-refractivity contribution in [2.24, 2.45) is 4.99 Å². The van der Waals surface area contributed by atoms with Gasteiger partial charge in [0.15, 0.2) is 0 Å². The second-order valence-corrected chi connectivity index (χ2v) is 5.89. The summed E-state index contributed by atoms with van der Waals surface area (Å²) in [5.41, 5.74) is 4.55. The number of hydrogen-bond acceptors (Lipinski definition) is 2. The molecule has 0 bridgehead atoms. The molecule has 1 unspecified atom stereocenters. The fraction of sp³-hybridized carbons (Fsp3) is 0.588. The third-order valence-corrected chi connectivity index (χ3v) is 4.38. The van der Waals surface area contributed by atoms with Crippen LogP contribution in [-0.4, -0.2) is 12.4 Å². The molecule has 0 fully saturated rings. The van der Waals surface area contributed by atoms with Crippen LogP contribution in [0, 0.1) is 0 Å². The van der Waals surface area contributed by atoms with Gasteiger partial charge >= 0.3 is 0 Å². The quantitative estimate of drug-likeness (QED) is 0.855. The molecule has 1 atom stereocenters. The Morgan fingerprint density at radius 3 is 2.58 bits per heavy atom. The highest BCUT2D eigenvalue weighted by Crippen LogP contribution is 2.25. The highest BCUT2D eigenvalue weighted by Gasteiger charge is 2.14. The van der Waals surface area contributed by atoms with E-state index in [1.165, 1.54) is 49.9 Å². The van der Waals surface area contributed by atoms with Crippen LogP contribution in [0.15, 0.2) is 23.2 Å². The number of hydrogen-bond donors (Lipinski definition) is 1. The van der Waals surface area contributed by atoms with Crippen LogP contribution >= 0.6 is 0 Å². The van der Waals surface area contributed by atoms with Gasteiger partial charge in [-0.15, -0.1) is 0 Å².